The van der Waals surface area contributed by atoms with Crippen molar-refractivity contribution in [3.8, 4) is 0 Å². The first-order valence-corrected chi connectivity index (χ1v) is 9.09. The maximum atomic E-state index is 6.15. The summed E-state index contributed by atoms with van der Waals surface area (Å²) in [5.41, 5.74) is 4.81. The molecule has 0 fully saturated rings. The van der Waals surface area contributed by atoms with Crippen LogP contribution >= 0.6 is 0 Å². The molecule has 1 heteroatoms. The van der Waals surface area contributed by atoms with Gasteiger partial charge < -0.3 is 4.42 Å². The normalized spacial score (nSPS) is 11.9. The van der Waals surface area contributed by atoms with E-state index in [0.717, 1.165) is 24.0 Å². The molecular weight excluding hydrogens is 304 g/mol. The topological polar surface area (TPSA) is 13.1 Å². The third-order valence-electron chi connectivity index (χ3n) is 5.45. The Morgan fingerprint density at radius 2 is 1.12 bits per heavy atom. The van der Waals surface area contributed by atoms with Crippen LogP contribution in [0.5, 0.6) is 0 Å². The Bertz CT molecular complexity index is 1260. The molecule has 0 bridgehead atoms. The van der Waals surface area contributed by atoms with Gasteiger partial charge >= 0.3 is 0 Å². The molecule has 5 rings (SSSR count). The van der Waals surface area contributed by atoms with E-state index in [4.69, 9.17) is 4.42 Å². The Balaban J connectivity index is 2.06. The molecular formula is C24H20O. The van der Waals surface area contributed by atoms with Crippen LogP contribution in [-0.2, 0) is 12.8 Å². The zero-order valence-corrected chi connectivity index (χ0v) is 14.6. The summed E-state index contributed by atoms with van der Waals surface area (Å²) >= 11 is 0. The molecule has 0 saturated carbocycles. The Kier molecular flexibility index (Phi) is 3.11. The van der Waals surface area contributed by atoms with Crippen LogP contribution in [0.25, 0.3) is 43.5 Å². The fourth-order valence-corrected chi connectivity index (χ4v) is 4.33. The van der Waals surface area contributed by atoms with Crippen molar-refractivity contribution >= 4 is 43.5 Å². The summed E-state index contributed by atoms with van der Waals surface area (Å²) in [5.74, 6) is 0. The minimum atomic E-state index is 0.966. The van der Waals surface area contributed by atoms with Crippen LogP contribution in [0.4, 0.5) is 0 Å². The molecule has 4 aromatic carbocycles. The van der Waals surface area contributed by atoms with Crippen LogP contribution in [0.15, 0.2) is 65.1 Å². The molecule has 1 nitrogen and oxygen atoms in total. The summed E-state index contributed by atoms with van der Waals surface area (Å²) < 4.78 is 6.15. The summed E-state index contributed by atoms with van der Waals surface area (Å²) in [4.78, 5) is 0. The lowest BCUT2D eigenvalue weighted by Gasteiger charge is -2.15. The first-order valence-electron chi connectivity index (χ1n) is 9.09. The Morgan fingerprint density at radius 3 is 1.76 bits per heavy atom. The van der Waals surface area contributed by atoms with Gasteiger partial charge in [-0.15, -0.1) is 0 Å². The Morgan fingerprint density at radius 1 is 0.560 bits per heavy atom. The minimum Gasteiger partial charge on any atom is -0.456 e. The number of aryl methyl sites for hydroxylation is 2. The number of furan rings is 1. The highest BCUT2D eigenvalue weighted by Crippen LogP contribution is 2.38. The first-order chi connectivity index (χ1) is 12.3. The molecule has 1 heterocycles. The van der Waals surface area contributed by atoms with Crippen molar-refractivity contribution in [1.82, 2.24) is 0 Å². The Hall–Kier alpha value is -2.80. The fourth-order valence-electron chi connectivity index (χ4n) is 4.33. The van der Waals surface area contributed by atoms with Crippen molar-refractivity contribution in [3.63, 3.8) is 0 Å². The van der Waals surface area contributed by atoms with Crippen molar-refractivity contribution in [2.24, 2.45) is 0 Å². The molecule has 0 radical (unpaired) electrons. The van der Waals surface area contributed by atoms with Gasteiger partial charge in [0, 0.05) is 10.8 Å². The van der Waals surface area contributed by atoms with Gasteiger partial charge in [0.25, 0.3) is 0 Å². The lowest BCUT2D eigenvalue weighted by atomic mass is 9.89. The highest BCUT2D eigenvalue weighted by molar-refractivity contribution is 6.14. The molecule has 0 unspecified atom stereocenters. The smallest absolute Gasteiger partial charge is 0.136 e. The molecule has 0 aliphatic heterocycles. The van der Waals surface area contributed by atoms with Crippen LogP contribution in [0.3, 0.4) is 0 Å². The quantitative estimate of drug-likeness (QED) is 0.318. The van der Waals surface area contributed by atoms with Gasteiger partial charge in [-0.3, -0.25) is 0 Å². The average Bonchev–Trinajstić information content (AvgIpc) is 3.02. The second-order valence-electron chi connectivity index (χ2n) is 6.70. The highest BCUT2D eigenvalue weighted by atomic mass is 16.3. The summed E-state index contributed by atoms with van der Waals surface area (Å²) in [6, 6.07) is 21.8. The lowest BCUT2D eigenvalue weighted by Crippen LogP contribution is -1.94. The zero-order valence-electron chi connectivity index (χ0n) is 14.6. The van der Waals surface area contributed by atoms with Gasteiger partial charge in [0.1, 0.15) is 11.2 Å². The van der Waals surface area contributed by atoms with E-state index in [0.29, 0.717) is 0 Å². The number of fused-ring (bicyclic) bond motifs is 5. The van der Waals surface area contributed by atoms with Crippen molar-refractivity contribution in [3.05, 3.63) is 71.8 Å². The molecule has 0 N–H and O–H groups in total. The fraction of sp³-hybridized carbons (Fsp3) is 0.167. The average molecular weight is 324 g/mol. The lowest BCUT2D eigenvalue weighted by molar-refractivity contribution is 0.669. The zero-order chi connectivity index (χ0) is 17.0. The molecule has 5 aromatic rings. The first kappa shape index (κ1) is 14.5. The van der Waals surface area contributed by atoms with Gasteiger partial charge in [0.05, 0.1) is 0 Å². The molecule has 0 saturated heterocycles. The van der Waals surface area contributed by atoms with Crippen LogP contribution < -0.4 is 0 Å². The van der Waals surface area contributed by atoms with Crippen molar-refractivity contribution in [1.29, 1.82) is 0 Å². The number of hydrogen-bond donors (Lipinski definition) is 0. The van der Waals surface area contributed by atoms with E-state index in [1.807, 2.05) is 6.07 Å². The van der Waals surface area contributed by atoms with Crippen LogP contribution in [0, 0.1) is 0 Å². The predicted molar refractivity (Wildman–Crippen MR) is 107 cm³/mol. The second kappa shape index (κ2) is 5.35. The number of rotatable bonds is 2. The van der Waals surface area contributed by atoms with Gasteiger partial charge in [-0.1, -0.05) is 56.3 Å². The van der Waals surface area contributed by atoms with Crippen molar-refractivity contribution in [2.75, 3.05) is 0 Å². The van der Waals surface area contributed by atoms with Gasteiger partial charge in [-0.05, 0) is 63.7 Å². The van der Waals surface area contributed by atoms with E-state index >= 15 is 0 Å². The predicted octanol–water partition coefficient (Wildman–Crippen LogP) is 7.02. The number of hydrogen-bond acceptors (Lipinski definition) is 1. The standard InChI is InChI=1S/C24H20O/c1-3-15-17-9-5-6-10-18(17)16(4-2)21-14-24-22(13-20(15)21)19-11-7-8-12-23(19)25-24/h5-14H,3-4H2,1-2H3. The summed E-state index contributed by atoms with van der Waals surface area (Å²) in [6.07, 6.45) is 2.05. The van der Waals surface area contributed by atoms with Crippen molar-refractivity contribution < 1.29 is 4.42 Å². The molecule has 0 aliphatic rings. The Labute approximate surface area is 146 Å². The number of benzene rings is 4. The van der Waals surface area contributed by atoms with E-state index in [2.05, 4.69) is 68.4 Å². The van der Waals surface area contributed by atoms with E-state index in [1.54, 1.807) is 0 Å². The van der Waals surface area contributed by atoms with Gasteiger partial charge in [0.15, 0.2) is 0 Å². The third-order valence-corrected chi connectivity index (χ3v) is 5.45. The van der Waals surface area contributed by atoms with E-state index in [9.17, 15) is 0 Å². The van der Waals surface area contributed by atoms with Crippen LogP contribution in [-0.4, -0.2) is 0 Å². The molecule has 1 aromatic heterocycles. The van der Waals surface area contributed by atoms with E-state index in [1.165, 1.54) is 43.4 Å². The van der Waals surface area contributed by atoms with Gasteiger partial charge in [-0.25, -0.2) is 0 Å². The molecule has 0 aliphatic carbocycles. The SMILES string of the molecule is CCc1c2ccccc2c(CC)c2cc3c(cc12)oc1ccccc13. The number of para-hydroxylation sites is 1. The molecule has 122 valence electrons. The van der Waals surface area contributed by atoms with Crippen molar-refractivity contribution in [2.45, 2.75) is 26.7 Å². The molecule has 0 spiro atoms. The second-order valence-corrected chi connectivity index (χ2v) is 6.70. The van der Waals surface area contributed by atoms with Crippen LogP contribution in [0.1, 0.15) is 25.0 Å². The minimum absolute atomic E-state index is 0.966. The largest absolute Gasteiger partial charge is 0.456 e. The highest BCUT2D eigenvalue weighted by Gasteiger charge is 2.15. The van der Waals surface area contributed by atoms with Gasteiger partial charge in [-0.2, -0.15) is 0 Å². The summed E-state index contributed by atoms with van der Waals surface area (Å²) in [7, 11) is 0. The molecule has 25 heavy (non-hydrogen) atoms. The monoisotopic (exact) mass is 324 g/mol. The maximum absolute atomic E-state index is 6.15. The van der Waals surface area contributed by atoms with E-state index in [-0.39, 0.29) is 0 Å². The van der Waals surface area contributed by atoms with Gasteiger partial charge in [0.2, 0.25) is 0 Å². The molecule has 0 amide bonds. The maximum Gasteiger partial charge on any atom is 0.136 e. The van der Waals surface area contributed by atoms with Crippen LogP contribution in [0.2, 0.25) is 0 Å². The molecule has 0 atom stereocenters. The van der Waals surface area contributed by atoms with E-state index < -0.39 is 0 Å². The summed E-state index contributed by atoms with van der Waals surface area (Å²) in [5, 5.41) is 7.90. The third kappa shape index (κ3) is 1.96. The summed E-state index contributed by atoms with van der Waals surface area (Å²) in [6.45, 7) is 4.50.